The van der Waals surface area contributed by atoms with Crippen molar-refractivity contribution in [2.24, 2.45) is 0 Å². The van der Waals surface area contributed by atoms with E-state index in [1.54, 1.807) is 0 Å². The van der Waals surface area contributed by atoms with Crippen molar-refractivity contribution in [2.45, 2.75) is 18.5 Å². The van der Waals surface area contributed by atoms with Crippen LogP contribution in [0.3, 0.4) is 0 Å². The molecule has 1 aromatic rings. The molecule has 1 unspecified atom stereocenters. The SMILES string of the molecule is N#CC(C#N)=Cc1ccccc1OC(F)(F)C(F)C(F)(F)F. The first-order valence-electron chi connectivity index (χ1n) is 5.50. The van der Waals surface area contributed by atoms with Crippen LogP contribution in [0.2, 0.25) is 0 Å². The first kappa shape index (κ1) is 17.4. The highest BCUT2D eigenvalue weighted by Crippen LogP contribution is 2.37. The molecular weight excluding hydrogens is 314 g/mol. The van der Waals surface area contributed by atoms with Crippen molar-refractivity contribution >= 4 is 6.08 Å². The molecule has 22 heavy (non-hydrogen) atoms. The Bertz CT molecular complexity index is 638. The van der Waals surface area contributed by atoms with E-state index in [9.17, 15) is 26.3 Å². The van der Waals surface area contributed by atoms with Crippen molar-refractivity contribution in [1.82, 2.24) is 0 Å². The minimum absolute atomic E-state index is 0.269. The number of allylic oxidation sites excluding steroid dienone is 1. The van der Waals surface area contributed by atoms with Gasteiger partial charge in [0.15, 0.2) is 0 Å². The summed E-state index contributed by atoms with van der Waals surface area (Å²) in [6, 6.07) is 7.31. The summed E-state index contributed by atoms with van der Waals surface area (Å²) < 4.78 is 79.1. The average molecular weight is 320 g/mol. The monoisotopic (exact) mass is 320 g/mol. The van der Waals surface area contributed by atoms with Crippen LogP contribution < -0.4 is 4.74 Å². The molecule has 0 saturated carbocycles. The van der Waals surface area contributed by atoms with Gasteiger partial charge in [0.05, 0.1) is 0 Å². The minimum atomic E-state index is -5.81. The average Bonchev–Trinajstić information content (AvgIpc) is 2.44. The highest BCUT2D eigenvalue weighted by atomic mass is 19.4. The summed E-state index contributed by atoms with van der Waals surface area (Å²) >= 11 is 0. The Hall–Kier alpha value is -2.68. The minimum Gasteiger partial charge on any atom is -0.430 e. The van der Waals surface area contributed by atoms with Crippen molar-refractivity contribution in [1.29, 1.82) is 10.5 Å². The van der Waals surface area contributed by atoms with Crippen molar-refractivity contribution < 1.29 is 31.1 Å². The number of para-hydroxylation sites is 1. The van der Waals surface area contributed by atoms with Gasteiger partial charge in [0.25, 0.3) is 6.17 Å². The third kappa shape index (κ3) is 4.16. The largest absolute Gasteiger partial charge is 0.439 e. The van der Waals surface area contributed by atoms with Crippen molar-refractivity contribution in [3.05, 3.63) is 35.4 Å². The predicted octanol–water partition coefficient (Wildman–Crippen LogP) is 3.99. The van der Waals surface area contributed by atoms with Crippen molar-refractivity contribution in [3.63, 3.8) is 0 Å². The fraction of sp³-hybridized carbons (Fsp3) is 0.231. The number of alkyl halides is 6. The molecule has 0 amide bonds. The normalized spacial score (nSPS) is 12.7. The lowest BCUT2D eigenvalue weighted by molar-refractivity contribution is -0.305. The van der Waals surface area contributed by atoms with Crippen LogP contribution in [0, 0.1) is 22.7 Å². The first-order chi connectivity index (χ1) is 10.1. The Kier molecular flexibility index (Phi) is 5.05. The summed E-state index contributed by atoms with van der Waals surface area (Å²) in [6.07, 6.45) is -14.7. The molecule has 116 valence electrons. The summed E-state index contributed by atoms with van der Waals surface area (Å²) in [4.78, 5) is 0. The van der Waals surface area contributed by atoms with E-state index in [-0.39, 0.29) is 5.56 Å². The Labute approximate surface area is 120 Å². The quantitative estimate of drug-likeness (QED) is 0.622. The highest BCUT2D eigenvalue weighted by molar-refractivity contribution is 5.66. The zero-order valence-electron chi connectivity index (χ0n) is 10.5. The van der Waals surface area contributed by atoms with Crippen LogP contribution in [0.1, 0.15) is 5.56 Å². The van der Waals surface area contributed by atoms with Crippen LogP contribution in [0.25, 0.3) is 6.08 Å². The summed E-state index contributed by atoms with van der Waals surface area (Å²) in [5, 5.41) is 17.1. The second kappa shape index (κ2) is 6.39. The summed E-state index contributed by atoms with van der Waals surface area (Å²) in [7, 11) is 0. The number of rotatable bonds is 4. The van der Waals surface area contributed by atoms with Crippen LogP contribution in [0.4, 0.5) is 26.3 Å². The van der Waals surface area contributed by atoms with Crippen LogP contribution in [-0.4, -0.2) is 18.5 Å². The van der Waals surface area contributed by atoms with Gasteiger partial charge in [-0.2, -0.15) is 32.5 Å². The third-order valence-corrected chi connectivity index (χ3v) is 2.29. The summed E-state index contributed by atoms with van der Waals surface area (Å²) in [6.45, 7) is 0. The fourth-order valence-corrected chi connectivity index (χ4v) is 1.33. The van der Waals surface area contributed by atoms with Gasteiger partial charge in [-0.3, -0.25) is 0 Å². The molecule has 0 aliphatic heterocycles. The molecule has 1 rings (SSSR count). The number of ether oxygens (including phenoxy) is 1. The van der Waals surface area contributed by atoms with Crippen LogP contribution in [-0.2, 0) is 0 Å². The molecule has 9 heteroatoms. The van der Waals surface area contributed by atoms with E-state index < -0.39 is 29.8 Å². The maximum absolute atomic E-state index is 13.2. The molecule has 0 saturated heterocycles. The molecule has 1 atom stereocenters. The Morgan fingerprint density at radius 3 is 2.14 bits per heavy atom. The Morgan fingerprint density at radius 1 is 1.09 bits per heavy atom. The van der Waals surface area contributed by atoms with E-state index in [1.807, 2.05) is 0 Å². The van der Waals surface area contributed by atoms with Crippen molar-refractivity contribution in [2.75, 3.05) is 0 Å². The molecule has 0 fully saturated rings. The molecule has 1 aromatic carbocycles. The molecule has 0 N–H and O–H groups in total. The molecule has 0 bridgehead atoms. The lowest BCUT2D eigenvalue weighted by Crippen LogP contribution is -2.45. The Morgan fingerprint density at radius 2 is 1.64 bits per heavy atom. The number of hydrogen-bond acceptors (Lipinski definition) is 3. The maximum Gasteiger partial charge on any atom is 0.439 e. The van der Waals surface area contributed by atoms with Gasteiger partial charge in [0, 0.05) is 5.56 Å². The fourth-order valence-electron chi connectivity index (χ4n) is 1.33. The van der Waals surface area contributed by atoms with Crippen molar-refractivity contribution in [3.8, 4) is 17.9 Å². The molecule has 0 aliphatic carbocycles. The number of benzene rings is 1. The van der Waals surface area contributed by atoms with Gasteiger partial charge in [-0.15, -0.1) is 0 Å². The molecule has 0 spiro atoms. The maximum atomic E-state index is 13.2. The van der Waals surface area contributed by atoms with Gasteiger partial charge < -0.3 is 4.74 Å². The summed E-state index contributed by atoms with van der Waals surface area (Å²) in [5.74, 6) is -0.803. The lowest BCUT2D eigenvalue weighted by Gasteiger charge is -2.23. The van der Waals surface area contributed by atoms with Gasteiger partial charge in [-0.05, 0) is 12.1 Å². The second-order valence-electron chi connectivity index (χ2n) is 3.89. The number of nitriles is 2. The zero-order chi connectivity index (χ0) is 17.0. The molecule has 3 nitrogen and oxygen atoms in total. The van der Waals surface area contributed by atoms with Gasteiger partial charge in [0.2, 0.25) is 0 Å². The van der Waals surface area contributed by atoms with E-state index in [4.69, 9.17) is 10.5 Å². The van der Waals surface area contributed by atoms with E-state index >= 15 is 0 Å². The predicted molar refractivity (Wildman–Crippen MR) is 62.2 cm³/mol. The van der Waals surface area contributed by atoms with Gasteiger partial charge in [0.1, 0.15) is 23.5 Å². The van der Waals surface area contributed by atoms with Crippen LogP contribution in [0.15, 0.2) is 29.8 Å². The molecule has 0 aliphatic rings. The van der Waals surface area contributed by atoms with E-state index in [1.165, 1.54) is 18.2 Å². The molecule has 0 radical (unpaired) electrons. The van der Waals surface area contributed by atoms with Crippen LogP contribution in [0.5, 0.6) is 5.75 Å². The van der Waals surface area contributed by atoms with E-state index in [0.29, 0.717) is 0 Å². The van der Waals surface area contributed by atoms with Crippen LogP contribution >= 0.6 is 0 Å². The van der Waals surface area contributed by atoms with E-state index in [2.05, 4.69) is 4.74 Å². The lowest BCUT2D eigenvalue weighted by atomic mass is 10.1. The molecular formula is C13H6F6N2O. The highest BCUT2D eigenvalue weighted by Gasteiger charge is 2.59. The third-order valence-electron chi connectivity index (χ3n) is 2.29. The standard InChI is InChI=1S/C13H6F6N2O/c14-11(12(15,16)17)13(18,19)22-10-4-2-1-3-9(10)5-8(6-20)7-21/h1-5,11H. The second-order valence-corrected chi connectivity index (χ2v) is 3.89. The first-order valence-corrected chi connectivity index (χ1v) is 5.50. The number of hydrogen-bond donors (Lipinski definition) is 0. The van der Waals surface area contributed by atoms with E-state index in [0.717, 1.165) is 24.3 Å². The topological polar surface area (TPSA) is 56.8 Å². The Balaban J connectivity index is 3.18. The van der Waals surface area contributed by atoms with Gasteiger partial charge in [-0.25, -0.2) is 4.39 Å². The van der Waals surface area contributed by atoms with Gasteiger partial charge in [-0.1, -0.05) is 18.2 Å². The number of halogens is 6. The molecule has 0 aromatic heterocycles. The molecule has 0 heterocycles. The zero-order valence-corrected chi connectivity index (χ0v) is 10.5. The number of nitrogens with zero attached hydrogens (tertiary/aromatic N) is 2. The van der Waals surface area contributed by atoms with Gasteiger partial charge >= 0.3 is 12.3 Å². The smallest absolute Gasteiger partial charge is 0.430 e. The summed E-state index contributed by atoms with van der Waals surface area (Å²) in [5.41, 5.74) is -0.762.